The van der Waals surface area contributed by atoms with E-state index < -0.39 is 17.7 Å². The SMILES string of the molecule is O=C(Cc1ccc(C(F)(F)F)cc1)NCCc1nc(C(=O)O)cs1. The molecule has 24 heavy (non-hydrogen) atoms. The molecule has 0 atom stereocenters. The second-order valence-corrected chi connectivity index (χ2v) is 5.85. The summed E-state index contributed by atoms with van der Waals surface area (Å²) in [5, 5.41) is 13.4. The van der Waals surface area contributed by atoms with Gasteiger partial charge in [-0.25, -0.2) is 9.78 Å². The third-order valence-electron chi connectivity index (χ3n) is 3.08. The molecule has 0 radical (unpaired) electrons. The molecule has 1 heterocycles. The standard InChI is InChI=1S/C15H13F3N2O3S/c16-15(17,18)10-3-1-9(2-4-10)7-12(21)19-6-5-13-20-11(8-24-13)14(22)23/h1-4,8H,5-7H2,(H,19,21)(H,22,23). The monoisotopic (exact) mass is 358 g/mol. The van der Waals surface area contributed by atoms with Crippen molar-refractivity contribution in [3.05, 3.63) is 51.5 Å². The summed E-state index contributed by atoms with van der Waals surface area (Å²) < 4.78 is 37.3. The fourth-order valence-electron chi connectivity index (χ4n) is 1.89. The van der Waals surface area contributed by atoms with Gasteiger partial charge >= 0.3 is 12.1 Å². The number of rotatable bonds is 6. The highest BCUT2D eigenvalue weighted by Crippen LogP contribution is 2.29. The first kappa shape index (κ1) is 17.9. The van der Waals surface area contributed by atoms with Gasteiger partial charge in [0.25, 0.3) is 0 Å². The van der Waals surface area contributed by atoms with Crippen LogP contribution in [0.3, 0.4) is 0 Å². The van der Waals surface area contributed by atoms with E-state index in [0.29, 0.717) is 17.0 Å². The smallest absolute Gasteiger partial charge is 0.416 e. The molecule has 0 bridgehead atoms. The number of hydrogen-bond donors (Lipinski definition) is 2. The molecular formula is C15H13F3N2O3S. The molecule has 1 aromatic heterocycles. The maximum Gasteiger partial charge on any atom is 0.416 e. The number of hydrogen-bond acceptors (Lipinski definition) is 4. The number of aromatic carboxylic acids is 1. The maximum absolute atomic E-state index is 12.4. The lowest BCUT2D eigenvalue weighted by Crippen LogP contribution is -2.27. The molecule has 0 spiro atoms. The van der Waals surface area contributed by atoms with Crippen LogP contribution in [0.1, 0.15) is 26.6 Å². The van der Waals surface area contributed by atoms with E-state index in [1.165, 1.54) is 28.8 Å². The average Bonchev–Trinajstić information content (AvgIpc) is 2.96. The number of nitrogens with zero attached hydrogens (tertiary/aromatic N) is 1. The molecule has 0 fully saturated rings. The number of nitrogens with one attached hydrogen (secondary N) is 1. The highest BCUT2D eigenvalue weighted by atomic mass is 32.1. The van der Waals surface area contributed by atoms with Crippen molar-refractivity contribution in [3.63, 3.8) is 0 Å². The topological polar surface area (TPSA) is 79.3 Å². The van der Waals surface area contributed by atoms with Crippen LogP contribution in [0.2, 0.25) is 0 Å². The lowest BCUT2D eigenvalue weighted by Gasteiger charge is -2.08. The quantitative estimate of drug-likeness (QED) is 0.832. The second kappa shape index (κ2) is 7.43. The van der Waals surface area contributed by atoms with E-state index in [4.69, 9.17) is 5.11 Å². The van der Waals surface area contributed by atoms with Crippen molar-refractivity contribution in [3.8, 4) is 0 Å². The minimum Gasteiger partial charge on any atom is -0.476 e. The van der Waals surface area contributed by atoms with E-state index >= 15 is 0 Å². The van der Waals surface area contributed by atoms with Gasteiger partial charge in [0.2, 0.25) is 5.91 Å². The van der Waals surface area contributed by atoms with E-state index in [-0.39, 0.29) is 24.6 Å². The number of carboxylic acids is 1. The number of alkyl halides is 3. The molecule has 5 nitrogen and oxygen atoms in total. The Labute approximate surface area is 139 Å². The molecule has 0 aliphatic rings. The van der Waals surface area contributed by atoms with Crippen molar-refractivity contribution in [2.75, 3.05) is 6.54 Å². The van der Waals surface area contributed by atoms with E-state index in [0.717, 1.165) is 12.1 Å². The first-order chi connectivity index (χ1) is 11.3. The van der Waals surface area contributed by atoms with Crippen LogP contribution in [0.15, 0.2) is 29.6 Å². The summed E-state index contributed by atoms with van der Waals surface area (Å²) in [5.41, 5.74) is -0.321. The lowest BCUT2D eigenvalue weighted by atomic mass is 10.1. The highest BCUT2D eigenvalue weighted by molar-refractivity contribution is 7.09. The summed E-state index contributed by atoms with van der Waals surface area (Å²) in [6.07, 6.45) is -4.05. The van der Waals surface area contributed by atoms with Crippen LogP contribution in [0.4, 0.5) is 13.2 Å². The van der Waals surface area contributed by atoms with Crippen LogP contribution in [-0.4, -0.2) is 28.5 Å². The molecule has 0 saturated carbocycles. The number of thiazole rings is 1. The van der Waals surface area contributed by atoms with Crippen molar-refractivity contribution in [2.45, 2.75) is 19.0 Å². The third kappa shape index (κ3) is 5.05. The number of amides is 1. The van der Waals surface area contributed by atoms with E-state index in [1.54, 1.807) is 0 Å². The first-order valence-electron chi connectivity index (χ1n) is 6.86. The van der Waals surface area contributed by atoms with Gasteiger partial charge in [0.1, 0.15) is 0 Å². The molecule has 2 N–H and O–H groups in total. The highest BCUT2D eigenvalue weighted by Gasteiger charge is 2.29. The molecule has 2 aromatic rings. The number of aromatic nitrogens is 1. The van der Waals surface area contributed by atoms with Gasteiger partial charge in [-0.1, -0.05) is 12.1 Å². The predicted molar refractivity (Wildman–Crippen MR) is 80.9 cm³/mol. The number of carbonyl (C=O) groups is 2. The zero-order valence-corrected chi connectivity index (χ0v) is 13.1. The van der Waals surface area contributed by atoms with Crippen LogP contribution in [0.25, 0.3) is 0 Å². The second-order valence-electron chi connectivity index (χ2n) is 4.90. The Bertz CT molecular complexity index is 726. The summed E-state index contributed by atoms with van der Waals surface area (Å²) in [6, 6.07) is 4.40. The molecule has 128 valence electrons. The van der Waals surface area contributed by atoms with Crippen molar-refractivity contribution < 1.29 is 27.9 Å². The number of carboxylic acid groups (broad SMARTS) is 1. The predicted octanol–water partition coefficient (Wildman–Crippen LogP) is 2.76. The molecule has 0 saturated heterocycles. The molecule has 2 rings (SSSR count). The van der Waals surface area contributed by atoms with Gasteiger partial charge in [-0.3, -0.25) is 4.79 Å². The largest absolute Gasteiger partial charge is 0.476 e. The van der Waals surface area contributed by atoms with Crippen molar-refractivity contribution in [2.24, 2.45) is 0 Å². The summed E-state index contributed by atoms with van der Waals surface area (Å²) in [5.74, 6) is -1.44. The summed E-state index contributed by atoms with van der Waals surface area (Å²) in [4.78, 5) is 26.3. The molecule has 0 aliphatic heterocycles. The Hall–Kier alpha value is -2.42. The number of halogens is 3. The Morgan fingerprint density at radius 1 is 1.21 bits per heavy atom. The number of carbonyl (C=O) groups excluding carboxylic acids is 1. The van der Waals surface area contributed by atoms with Gasteiger partial charge in [0.15, 0.2) is 5.69 Å². The fourth-order valence-corrected chi connectivity index (χ4v) is 2.66. The van der Waals surface area contributed by atoms with Gasteiger partial charge in [0.05, 0.1) is 17.0 Å². The summed E-state index contributed by atoms with van der Waals surface area (Å²) in [6.45, 7) is 0.270. The van der Waals surface area contributed by atoms with Crippen molar-refractivity contribution in [1.29, 1.82) is 0 Å². The van der Waals surface area contributed by atoms with Gasteiger partial charge in [0, 0.05) is 18.3 Å². The van der Waals surface area contributed by atoms with Crippen LogP contribution in [0.5, 0.6) is 0 Å². The zero-order valence-electron chi connectivity index (χ0n) is 12.3. The Kier molecular flexibility index (Phi) is 5.55. The maximum atomic E-state index is 12.4. The minimum absolute atomic E-state index is 0.0314. The van der Waals surface area contributed by atoms with E-state index in [1.807, 2.05) is 0 Å². The summed E-state index contributed by atoms with van der Waals surface area (Å²) in [7, 11) is 0. The van der Waals surface area contributed by atoms with Crippen LogP contribution >= 0.6 is 11.3 Å². The Morgan fingerprint density at radius 2 is 1.88 bits per heavy atom. The van der Waals surface area contributed by atoms with Gasteiger partial charge in [-0.05, 0) is 17.7 Å². The van der Waals surface area contributed by atoms with Crippen molar-refractivity contribution in [1.82, 2.24) is 10.3 Å². The fraction of sp³-hybridized carbons (Fsp3) is 0.267. The normalized spacial score (nSPS) is 11.3. The van der Waals surface area contributed by atoms with Gasteiger partial charge < -0.3 is 10.4 Å². The van der Waals surface area contributed by atoms with E-state index in [9.17, 15) is 22.8 Å². The zero-order chi connectivity index (χ0) is 17.7. The van der Waals surface area contributed by atoms with Crippen LogP contribution in [-0.2, 0) is 23.8 Å². The Morgan fingerprint density at radius 3 is 2.42 bits per heavy atom. The van der Waals surface area contributed by atoms with Crippen LogP contribution < -0.4 is 5.32 Å². The van der Waals surface area contributed by atoms with Crippen molar-refractivity contribution >= 4 is 23.2 Å². The third-order valence-corrected chi connectivity index (χ3v) is 3.99. The molecule has 1 aromatic carbocycles. The number of benzene rings is 1. The Balaban J connectivity index is 1.79. The lowest BCUT2D eigenvalue weighted by molar-refractivity contribution is -0.137. The summed E-state index contributed by atoms with van der Waals surface area (Å²) >= 11 is 1.19. The first-order valence-corrected chi connectivity index (χ1v) is 7.74. The molecule has 0 aliphatic carbocycles. The van der Waals surface area contributed by atoms with E-state index in [2.05, 4.69) is 10.3 Å². The van der Waals surface area contributed by atoms with Crippen LogP contribution in [0, 0.1) is 0 Å². The van der Waals surface area contributed by atoms with Gasteiger partial charge in [-0.2, -0.15) is 13.2 Å². The van der Waals surface area contributed by atoms with Gasteiger partial charge in [-0.15, -0.1) is 11.3 Å². The minimum atomic E-state index is -4.40. The molecular weight excluding hydrogens is 345 g/mol. The molecule has 9 heteroatoms. The molecule has 1 amide bonds. The molecule has 0 unspecified atom stereocenters. The average molecular weight is 358 g/mol.